The van der Waals surface area contributed by atoms with Gasteiger partial charge < -0.3 is 0 Å². The van der Waals surface area contributed by atoms with Gasteiger partial charge in [0.25, 0.3) is 0 Å². The van der Waals surface area contributed by atoms with Gasteiger partial charge in [-0.15, -0.1) is 0 Å². The molecule has 4 heteroatoms. The topological polar surface area (TPSA) is 0 Å². The summed E-state index contributed by atoms with van der Waals surface area (Å²) in [6.45, 7) is 23.7. The second kappa shape index (κ2) is 18.1. The van der Waals surface area contributed by atoms with Crippen LogP contribution in [0.2, 0.25) is 13.1 Å². The Morgan fingerprint density at radius 2 is 0.929 bits per heavy atom. The van der Waals surface area contributed by atoms with Crippen molar-refractivity contribution in [3.63, 3.8) is 0 Å². The molecule has 0 bridgehead atoms. The molecule has 0 spiro atoms. The predicted molar refractivity (Wildman–Crippen MR) is 251 cm³/mol. The molecule has 6 rings (SSSR count). The Kier molecular flexibility index (Phi) is 14.1. The van der Waals surface area contributed by atoms with Crippen LogP contribution in [0.5, 0.6) is 0 Å². The van der Waals surface area contributed by atoms with Crippen molar-refractivity contribution in [3.05, 3.63) is 128 Å². The van der Waals surface area contributed by atoms with Crippen molar-refractivity contribution in [2.24, 2.45) is 0 Å². The van der Waals surface area contributed by atoms with E-state index < -0.39 is 21.5 Å². The normalized spacial score (nSPS) is 17.3. The maximum absolute atomic E-state index is 9.06. The molecule has 56 heavy (non-hydrogen) atoms. The first-order valence-corrected chi connectivity index (χ1v) is 38.6. The Morgan fingerprint density at radius 1 is 0.536 bits per heavy atom. The summed E-state index contributed by atoms with van der Waals surface area (Å²) in [6.07, 6.45) is 16.4. The number of hydrogen-bond donors (Lipinski definition) is 0. The molecule has 0 amide bonds. The third kappa shape index (κ3) is 7.78. The van der Waals surface area contributed by atoms with Crippen LogP contribution in [0, 0.1) is 0 Å². The standard InChI is InChI=1S/2C25H31.C2H7Si.2ClH.Zr/c2*1-5-7-11-19-16-21-15-14-20(10-6-2)25(24(21)17-19)23-13-9-8-12-22(23)18(3)4;1-3-2;;;/h2*8-9,12-18H,5-7,10-11H2,1-4H3;3H,1-2H3;2*1H;/q;;;;;+2/p-2. The summed E-state index contributed by atoms with van der Waals surface area (Å²) in [5, 5.41) is 0. The van der Waals surface area contributed by atoms with Crippen LogP contribution < -0.4 is 0 Å². The van der Waals surface area contributed by atoms with Crippen LogP contribution in [-0.4, -0.2) is 5.92 Å². The first kappa shape index (κ1) is 43.6. The molecular formula is C52H69Cl2SiZr. The van der Waals surface area contributed by atoms with E-state index in [0.29, 0.717) is 11.8 Å². The second-order valence-electron chi connectivity index (χ2n) is 18.1. The molecule has 4 aromatic rings. The van der Waals surface area contributed by atoms with Crippen molar-refractivity contribution >= 4 is 35.1 Å². The first-order valence-electron chi connectivity index (χ1n) is 22.3. The summed E-state index contributed by atoms with van der Waals surface area (Å²) in [4.78, 5) is 0. The number of benzene rings is 4. The number of aryl methyl sites for hydroxylation is 2. The zero-order valence-corrected chi connectivity index (χ0v) is 41.4. The molecule has 0 fully saturated rings. The molecule has 0 saturated carbocycles. The summed E-state index contributed by atoms with van der Waals surface area (Å²) < 4.78 is 0.215. The molecule has 0 heterocycles. The van der Waals surface area contributed by atoms with Gasteiger partial charge in [-0.2, -0.15) is 0 Å². The summed E-state index contributed by atoms with van der Waals surface area (Å²) >= 11 is -5.00. The molecule has 2 atom stereocenters. The third-order valence-electron chi connectivity index (χ3n) is 13.3. The summed E-state index contributed by atoms with van der Waals surface area (Å²) in [5.74, 6) is -0.847. The Morgan fingerprint density at radius 3 is 1.27 bits per heavy atom. The van der Waals surface area contributed by atoms with E-state index in [-0.39, 0.29) is 7.25 Å². The van der Waals surface area contributed by atoms with Gasteiger partial charge in [0.05, 0.1) is 0 Å². The van der Waals surface area contributed by atoms with Crippen LogP contribution in [0.15, 0.2) is 83.9 Å². The van der Waals surface area contributed by atoms with Crippen molar-refractivity contribution in [3.8, 4) is 22.3 Å². The third-order valence-corrected chi connectivity index (χ3v) is 65.2. The zero-order chi connectivity index (χ0) is 40.4. The molecule has 2 unspecified atom stereocenters. The van der Waals surface area contributed by atoms with E-state index >= 15 is 0 Å². The molecule has 4 aromatic carbocycles. The molecule has 0 aromatic heterocycles. The van der Waals surface area contributed by atoms with Crippen molar-refractivity contribution in [2.45, 2.75) is 152 Å². The molecular weight excluding hydrogens is 815 g/mol. The van der Waals surface area contributed by atoms with E-state index in [9.17, 15) is 0 Å². The first-order chi connectivity index (χ1) is 26.8. The minimum absolute atomic E-state index is 0.108. The molecule has 0 aliphatic heterocycles. The average Bonchev–Trinajstić information content (AvgIpc) is 3.76. The number of fused-ring (bicyclic) bond motifs is 2. The van der Waals surface area contributed by atoms with Crippen LogP contribution in [0.25, 0.3) is 34.4 Å². The molecule has 299 valence electrons. The van der Waals surface area contributed by atoms with E-state index in [2.05, 4.69) is 153 Å². The van der Waals surface area contributed by atoms with Crippen molar-refractivity contribution in [1.82, 2.24) is 0 Å². The zero-order valence-electron chi connectivity index (χ0n) is 36.3. The molecule has 0 nitrogen and oxygen atoms in total. The Hall–Kier alpha value is -1.96. The van der Waals surface area contributed by atoms with E-state index in [1.807, 2.05) is 0 Å². The van der Waals surface area contributed by atoms with Crippen LogP contribution in [-0.2, 0) is 28.4 Å². The number of halogens is 2. The molecule has 0 radical (unpaired) electrons. The molecule has 2 aliphatic carbocycles. The molecule has 2 aliphatic rings. The van der Waals surface area contributed by atoms with Gasteiger partial charge in [-0.25, -0.2) is 0 Å². The monoisotopic (exact) mass is 881 g/mol. The molecule has 0 saturated heterocycles. The quantitative estimate of drug-likeness (QED) is 0.0927. The Bertz CT molecular complexity index is 1960. The summed E-state index contributed by atoms with van der Waals surface area (Å²) in [7, 11) is 18.1. The van der Waals surface area contributed by atoms with Gasteiger partial charge in [-0.3, -0.25) is 0 Å². The van der Waals surface area contributed by atoms with Crippen molar-refractivity contribution < 1.29 is 15.6 Å². The van der Waals surface area contributed by atoms with E-state index in [1.165, 1.54) is 77.9 Å². The van der Waals surface area contributed by atoms with E-state index in [1.54, 1.807) is 0 Å². The predicted octanol–water partition coefficient (Wildman–Crippen LogP) is 17.1. The number of allylic oxidation sites excluding steroid dienone is 2. The second-order valence-corrected chi connectivity index (χ2v) is 60.6. The number of hydrogen-bond acceptors (Lipinski definition) is 0. The SMILES string of the molecule is CCCCC1=Cc2c(ccc(CCC)c2-c2ccccc2C(C)C)[CH]1[Zr]([Cl])([Cl])([CH]1C(CCCC)=Cc2c1ccc(CCC)c2-c1ccccc1C(C)C)[SiH](C)C. The fraction of sp³-hybridized carbons (Fsp3) is 0.462. The number of unbranched alkanes of at least 4 members (excludes halogenated alkanes) is 2. The van der Waals surface area contributed by atoms with Gasteiger partial charge in [0.15, 0.2) is 0 Å². The fourth-order valence-electron chi connectivity index (χ4n) is 10.5. The van der Waals surface area contributed by atoms with Gasteiger partial charge in [-0.05, 0) is 0 Å². The van der Waals surface area contributed by atoms with Crippen LogP contribution in [0.3, 0.4) is 0 Å². The van der Waals surface area contributed by atoms with E-state index in [0.717, 1.165) is 64.2 Å². The van der Waals surface area contributed by atoms with E-state index in [4.69, 9.17) is 17.0 Å². The molecule has 0 N–H and O–H groups in total. The summed E-state index contributed by atoms with van der Waals surface area (Å²) in [5.41, 5.74) is 20.2. The maximum atomic E-state index is 9.06. The van der Waals surface area contributed by atoms with Crippen LogP contribution >= 0.6 is 17.0 Å². The van der Waals surface area contributed by atoms with Gasteiger partial charge >= 0.3 is 353 Å². The Balaban J connectivity index is 1.68. The minimum atomic E-state index is -5.00. The number of rotatable bonds is 17. The van der Waals surface area contributed by atoms with Crippen LogP contribution in [0.1, 0.15) is 170 Å². The summed E-state index contributed by atoms with van der Waals surface area (Å²) in [6, 6.07) is 28.3. The van der Waals surface area contributed by atoms with Gasteiger partial charge in [0, 0.05) is 0 Å². The fourth-order valence-corrected chi connectivity index (χ4v) is 42.0. The Labute approximate surface area is 350 Å². The van der Waals surface area contributed by atoms with Gasteiger partial charge in [-0.1, -0.05) is 0 Å². The van der Waals surface area contributed by atoms with Crippen molar-refractivity contribution in [2.75, 3.05) is 0 Å². The van der Waals surface area contributed by atoms with Gasteiger partial charge in [0.2, 0.25) is 0 Å². The average molecular weight is 884 g/mol. The van der Waals surface area contributed by atoms with Crippen LogP contribution in [0.4, 0.5) is 0 Å². The van der Waals surface area contributed by atoms with Crippen molar-refractivity contribution in [1.29, 1.82) is 0 Å². The van der Waals surface area contributed by atoms with Gasteiger partial charge in [0.1, 0.15) is 0 Å².